The molecule has 2 aliphatic carbocycles. The van der Waals surface area contributed by atoms with Crippen molar-refractivity contribution >= 4 is 0 Å². The molecule has 0 radical (unpaired) electrons. The molecule has 2 saturated carbocycles. The number of aliphatic hydroxyl groups excluding tert-OH is 1. The van der Waals surface area contributed by atoms with Crippen molar-refractivity contribution in [2.45, 2.75) is 51.1 Å². The van der Waals surface area contributed by atoms with Crippen LogP contribution in [0, 0.1) is 11.8 Å². The van der Waals surface area contributed by atoms with Crippen LogP contribution in [0.1, 0.15) is 39.5 Å². The molecule has 3 aliphatic rings. The van der Waals surface area contributed by atoms with Crippen molar-refractivity contribution in [3.05, 3.63) is 0 Å². The number of hydrogen-bond acceptors (Lipinski definition) is 4. The topological polar surface area (TPSA) is 38.7 Å². The number of rotatable bonds is 8. The molecule has 4 nitrogen and oxygen atoms in total. The average molecular weight is 295 g/mol. The van der Waals surface area contributed by atoms with Gasteiger partial charge in [0.25, 0.3) is 0 Å². The van der Waals surface area contributed by atoms with E-state index in [4.69, 9.17) is 0 Å². The second-order valence-corrected chi connectivity index (χ2v) is 7.98. The molecule has 4 heteroatoms. The van der Waals surface area contributed by atoms with Crippen LogP contribution in [0.2, 0.25) is 0 Å². The van der Waals surface area contributed by atoms with Gasteiger partial charge in [0.15, 0.2) is 0 Å². The Labute approximate surface area is 129 Å². The van der Waals surface area contributed by atoms with Crippen molar-refractivity contribution in [2.24, 2.45) is 11.8 Å². The first-order valence-corrected chi connectivity index (χ1v) is 8.94. The molecule has 0 amide bonds. The SMILES string of the molecule is CC(C)CN1CCN(CC(CO)(NC2CC2)C2CC2)CC1. The van der Waals surface area contributed by atoms with E-state index in [1.54, 1.807) is 0 Å². The lowest BCUT2D eigenvalue weighted by Crippen LogP contribution is -2.61. The Morgan fingerprint density at radius 1 is 1.05 bits per heavy atom. The molecule has 0 bridgehead atoms. The Bertz CT molecular complexity index is 333. The molecule has 0 aromatic carbocycles. The lowest BCUT2D eigenvalue weighted by Gasteiger charge is -2.42. The second-order valence-electron chi connectivity index (χ2n) is 7.98. The Morgan fingerprint density at radius 2 is 1.67 bits per heavy atom. The Morgan fingerprint density at radius 3 is 2.14 bits per heavy atom. The minimum Gasteiger partial charge on any atom is -0.394 e. The maximum Gasteiger partial charge on any atom is 0.0628 e. The van der Waals surface area contributed by atoms with Crippen LogP contribution < -0.4 is 5.32 Å². The van der Waals surface area contributed by atoms with Crippen molar-refractivity contribution in [2.75, 3.05) is 45.9 Å². The van der Waals surface area contributed by atoms with E-state index in [1.165, 1.54) is 45.3 Å². The van der Waals surface area contributed by atoms with Gasteiger partial charge in [-0.15, -0.1) is 0 Å². The summed E-state index contributed by atoms with van der Waals surface area (Å²) in [5.41, 5.74) is -0.0125. The summed E-state index contributed by atoms with van der Waals surface area (Å²) in [4.78, 5) is 5.17. The summed E-state index contributed by atoms with van der Waals surface area (Å²) in [5, 5.41) is 13.9. The lowest BCUT2D eigenvalue weighted by molar-refractivity contribution is 0.0560. The van der Waals surface area contributed by atoms with E-state index in [0.29, 0.717) is 18.6 Å². The third kappa shape index (κ3) is 4.19. The van der Waals surface area contributed by atoms with Gasteiger partial charge in [0.1, 0.15) is 0 Å². The second kappa shape index (κ2) is 6.53. The minimum atomic E-state index is -0.0125. The molecule has 1 unspecified atom stereocenters. The molecule has 0 aromatic rings. The molecule has 2 N–H and O–H groups in total. The first-order chi connectivity index (χ1) is 10.1. The molecule has 1 heterocycles. The molecule has 21 heavy (non-hydrogen) atoms. The van der Waals surface area contributed by atoms with Crippen molar-refractivity contribution < 1.29 is 5.11 Å². The highest BCUT2D eigenvalue weighted by Gasteiger charge is 2.48. The van der Waals surface area contributed by atoms with Crippen LogP contribution in [0.3, 0.4) is 0 Å². The van der Waals surface area contributed by atoms with Crippen LogP contribution in [0.5, 0.6) is 0 Å². The number of nitrogens with one attached hydrogen (secondary N) is 1. The van der Waals surface area contributed by atoms with Crippen LogP contribution in [0.15, 0.2) is 0 Å². The average Bonchev–Trinajstić information content (AvgIpc) is 3.33. The van der Waals surface area contributed by atoms with Gasteiger partial charge >= 0.3 is 0 Å². The zero-order valence-electron chi connectivity index (χ0n) is 13.9. The molecule has 3 rings (SSSR count). The molecule has 1 aliphatic heterocycles. The fraction of sp³-hybridized carbons (Fsp3) is 1.00. The standard InChI is InChI=1S/C17H33N3O/c1-14(2)11-19-7-9-20(10-8-19)12-17(13-21,15-3-4-15)18-16-5-6-16/h14-16,18,21H,3-13H2,1-2H3. The van der Waals surface area contributed by atoms with Gasteiger partial charge in [-0.2, -0.15) is 0 Å². The first-order valence-electron chi connectivity index (χ1n) is 8.94. The van der Waals surface area contributed by atoms with Gasteiger partial charge in [0.05, 0.1) is 12.1 Å². The zero-order chi connectivity index (χ0) is 14.9. The van der Waals surface area contributed by atoms with E-state index in [1.807, 2.05) is 0 Å². The predicted molar refractivity (Wildman–Crippen MR) is 86.4 cm³/mol. The molecule has 0 aromatic heterocycles. The molecule has 122 valence electrons. The number of aliphatic hydroxyl groups is 1. The molecule has 3 fully saturated rings. The number of hydrogen-bond donors (Lipinski definition) is 2. The van der Waals surface area contributed by atoms with Gasteiger partial charge in [-0.25, -0.2) is 0 Å². The van der Waals surface area contributed by atoms with Gasteiger partial charge in [0.2, 0.25) is 0 Å². The highest BCUT2D eigenvalue weighted by Crippen LogP contribution is 2.42. The molecule has 1 saturated heterocycles. The van der Waals surface area contributed by atoms with Crippen LogP contribution in [0.4, 0.5) is 0 Å². The first kappa shape index (κ1) is 15.7. The third-order valence-corrected chi connectivity index (χ3v) is 5.30. The Kier molecular flexibility index (Phi) is 4.89. The van der Waals surface area contributed by atoms with E-state index < -0.39 is 0 Å². The van der Waals surface area contributed by atoms with Crippen molar-refractivity contribution in [1.29, 1.82) is 0 Å². The fourth-order valence-corrected chi connectivity index (χ4v) is 3.83. The van der Waals surface area contributed by atoms with Gasteiger partial charge in [-0.3, -0.25) is 4.90 Å². The largest absolute Gasteiger partial charge is 0.394 e. The van der Waals surface area contributed by atoms with E-state index in [-0.39, 0.29) is 5.54 Å². The maximum absolute atomic E-state index is 10.1. The lowest BCUT2D eigenvalue weighted by atomic mass is 9.92. The summed E-state index contributed by atoms with van der Waals surface area (Å²) < 4.78 is 0. The smallest absolute Gasteiger partial charge is 0.0628 e. The van der Waals surface area contributed by atoms with Gasteiger partial charge in [-0.1, -0.05) is 13.8 Å². The van der Waals surface area contributed by atoms with Gasteiger partial charge in [0, 0.05) is 45.3 Å². The van der Waals surface area contributed by atoms with Gasteiger partial charge < -0.3 is 15.3 Å². The summed E-state index contributed by atoms with van der Waals surface area (Å²) in [5.74, 6) is 1.47. The highest BCUT2D eigenvalue weighted by molar-refractivity contribution is 5.06. The van der Waals surface area contributed by atoms with Crippen molar-refractivity contribution in [3.8, 4) is 0 Å². The quantitative estimate of drug-likeness (QED) is 0.705. The Hall–Kier alpha value is -0.160. The summed E-state index contributed by atoms with van der Waals surface area (Å²) in [6.45, 7) is 11.9. The van der Waals surface area contributed by atoms with E-state index in [0.717, 1.165) is 25.6 Å². The van der Waals surface area contributed by atoms with Crippen LogP contribution in [-0.2, 0) is 0 Å². The van der Waals surface area contributed by atoms with E-state index in [9.17, 15) is 5.11 Å². The van der Waals surface area contributed by atoms with Crippen molar-refractivity contribution in [3.63, 3.8) is 0 Å². The number of piperazine rings is 1. The third-order valence-electron chi connectivity index (χ3n) is 5.30. The summed E-state index contributed by atoms with van der Waals surface area (Å²) in [7, 11) is 0. The van der Waals surface area contributed by atoms with Crippen LogP contribution >= 0.6 is 0 Å². The summed E-state index contributed by atoms with van der Waals surface area (Å²) in [6.07, 6.45) is 5.20. The van der Waals surface area contributed by atoms with E-state index in [2.05, 4.69) is 29.0 Å². The molecule has 1 atom stereocenters. The fourth-order valence-electron chi connectivity index (χ4n) is 3.83. The van der Waals surface area contributed by atoms with E-state index >= 15 is 0 Å². The normalized spacial score (nSPS) is 28.0. The molecule has 0 spiro atoms. The van der Waals surface area contributed by atoms with Crippen molar-refractivity contribution in [1.82, 2.24) is 15.1 Å². The summed E-state index contributed by atoms with van der Waals surface area (Å²) in [6, 6.07) is 0.681. The maximum atomic E-state index is 10.1. The Balaban J connectivity index is 1.52. The monoisotopic (exact) mass is 295 g/mol. The zero-order valence-corrected chi connectivity index (χ0v) is 13.9. The molecular formula is C17H33N3O. The molecular weight excluding hydrogens is 262 g/mol. The minimum absolute atomic E-state index is 0.0125. The van der Waals surface area contributed by atoms with Gasteiger partial charge in [-0.05, 0) is 37.5 Å². The number of nitrogens with zero attached hydrogens (tertiary/aromatic N) is 2. The predicted octanol–water partition coefficient (Wildman–Crippen LogP) is 1.15. The van der Waals surface area contributed by atoms with Crippen LogP contribution in [0.25, 0.3) is 0 Å². The van der Waals surface area contributed by atoms with Crippen LogP contribution in [-0.4, -0.2) is 72.4 Å². The summed E-state index contributed by atoms with van der Waals surface area (Å²) >= 11 is 0. The highest BCUT2D eigenvalue weighted by atomic mass is 16.3.